The van der Waals surface area contributed by atoms with Crippen LogP contribution in [0.3, 0.4) is 0 Å². The number of nitrogens with zero attached hydrogens (tertiary/aromatic N) is 1. The van der Waals surface area contributed by atoms with E-state index >= 15 is 0 Å². The van der Waals surface area contributed by atoms with Crippen LogP contribution in [0.25, 0.3) is 0 Å². The van der Waals surface area contributed by atoms with E-state index in [0.717, 1.165) is 38.6 Å². The van der Waals surface area contributed by atoms with Gasteiger partial charge in [0, 0.05) is 25.2 Å². The van der Waals surface area contributed by atoms with Gasteiger partial charge in [0.25, 0.3) is 0 Å². The third-order valence-corrected chi connectivity index (χ3v) is 2.70. The number of hydrogen-bond donors (Lipinski definition) is 1. The zero-order valence-corrected chi connectivity index (χ0v) is 9.61. The van der Waals surface area contributed by atoms with Crippen LogP contribution < -0.4 is 10.2 Å². The van der Waals surface area contributed by atoms with Crippen LogP contribution in [0, 0.1) is 0 Å². The number of methoxy groups -OCH3 is 1. The molecule has 1 aliphatic rings. The number of para-hydroxylation sites is 1. The Morgan fingerprint density at radius 1 is 1.31 bits per heavy atom. The van der Waals surface area contributed by atoms with Crippen LogP contribution >= 0.6 is 0 Å². The molecule has 4 heteroatoms. The predicted molar refractivity (Wildman–Crippen MR) is 62.2 cm³/mol. The zero-order chi connectivity index (χ0) is 11.2. The summed E-state index contributed by atoms with van der Waals surface area (Å²) in [5.41, 5.74) is 4.56. The molecule has 1 aromatic rings. The molecular formula is C12H18N2O2. The molecule has 1 aliphatic heterocycles. The molecule has 0 saturated carbocycles. The van der Waals surface area contributed by atoms with Crippen molar-refractivity contribution < 1.29 is 9.47 Å². The van der Waals surface area contributed by atoms with Gasteiger partial charge >= 0.3 is 0 Å². The molecule has 0 atom stereocenters. The summed E-state index contributed by atoms with van der Waals surface area (Å²) in [5.74, 6) is 0.934. The SMILES string of the molecule is COc1ccccc1CNN1CCOCC1. The fourth-order valence-electron chi connectivity index (χ4n) is 1.77. The van der Waals surface area contributed by atoms with Crippen LogP contribution in [0.5, 0.6) is 5.75 Å². The molecule has 1 N–H and O–H groups in total. The smallest absolute Gasteiger partial charge is 0.123 e. The van der Waals surface area contributed by atoms with E-state index in [1.165, 1.54) is 5.56 Å². The Bertz CT molecular complexity index is 325. The molecular weight excluding hydrogens is 204 g/mol. The van der Waals surface area contributed by atoms with E-state index in [0.29, 0.717) is 0 Å². The first-order chi connectivity index (χ1) is 7.90. The maximum absolute atomic E-state index is 5.30. The molecule has 2 rings (SSSR count). The number of morpholine rings is 1. The van der Waals surface area contributed by atoms with Gasteiger partial charge in [0.2, 0.25) is 0 Å². The van der Waals surface area contributed by atoms with Crippen molar-refractivity contribution in [1.82, 2.24) is 10.4 Å². The number of ether oxygens (including phenoxy) is 2. The van der Waals surface area contributed by atoms with E-state index in [9.17, 15) is 0 Å². The van der Waals surface area contributed by atoms with E-state index in [1.807, 2.05) is 18.2 Å². The van der Waals surface area contributed by atoms with Crippen molar-refractivity contribution >= 4 is 0 Å². The normalized spacial score (nSPS) is 17.3. The van der Waals surface area contributed by atoms with Gasteiger partial charge in [-0.05, 0) is 6.07 Å². The third-order valence-electron chi connectivity index (χ3n) is 2.70. The van der Waals surface area contributed by atoms with E-state index in [4.69, 9.17) is 9.47 Å². The van der Waals surface area contributed by atoms with Crippen molar-refractivity contribution in [3.8, 4) is 5.75 Å². The lowest BCUT2D eigenvalue weighted by Gasteiger charge is -2.27. The highest BCUT2D eigenvalue weighted by atomic mass is 16.5. The minimum Gasteiger partial charge on any atom is -0.496 e. The molecule has 0 unspecified atom stereocenters. The van der Waals surface area contributed by atoms with Crippen molar-refractivity contribution in [3.63, 3.8) is 0 Å². The molecule has 1 saturated heterocycles. The summed E-state index contributed by atoms with van der Waals surface area (Å²) in [6.07, 6.45) is 0. The monoisotopic (exact) mass is 222 g/mol. The Morgan fingerprint density at radius 2 is 2.06 bits per heavy atom. The van der Waals surface area contributed by atoms with Crippen LogP contribution in [0.2, 0.25) is 0 Å². The van der Waals surface area contributed by atoms with Crippen LogP contribution in [0.15, 0.2) is 24.3 Å². The highest BCUT2D eigenvalue weighted by Gasteiger charge is 2.10. The second kappa shape index (κ2) is 5.84. The van der Waals surface area contributed by atoms with Crippen molar-refractivity contribution in [1.29, 1.82) is 0 Å². The lowest BCUT2D eigenvalue weighted by atomic mass is 10.2. The first-order valence-electron chi connectivity index (χ1n) is 5.58. The number of rotatable bonds is 4. The van der Waals surface area contributed by atoms with Gasteiger partial charge < -0.3 is 9.47 Å². The molecule has 88 valence electrons. The summed E-state index contributed by atoms with van der Waals surface area (Å²) in [6, 6.07) is 8.07. The Balaban J connectivity index is 1.88. The Labute approximate surface area is 96.1 Å². The molecule has 0 radical (unpaired) electrons. The van der Waals surface area contributed by atoms with Gasteiger partial charge in [-0.15, -0.1) is 0 Å². The summed E-state index contributed by atoms with van der Waals surface area (Å²) in [6.45, 7) is 4.28. The predicted octanol–water partition coefficient (Wildman–Crippen LogP) is 1.03. The average Bonchev–Trinajstić information content (AvgIpc) is 2.38. The van der Waals surface area contributed by atoms with Gasteiger partial charge in [-0.1, -0.05) is 18.2 Å². The van der Waals surface area contributed by atoms with Crippen molar-refractivity contribution in [2.45, 2.75) is 6.54 Å². The molecule has 0 bridgehead atoms. The van der Waals surface area contributed by atoms with Gasteiger partial charge in [-0.2, -0.15) is 0 Å². The van der Waals surface area contributed by atoms with Crippen LogP contribution in [-0.2, 0) is 11.3 Å². The first-order valence-corrected chi connectivity index (χ1v) is 5.58. The van der Waals surface area contributed by atoms with Crippen molar-refractivity contribution in [3.05, 3.63) is 29.8 Å². The molecule has 16 heavy (non-hydrogen) atoms. The molecule has 1 heterocycles. The first kappa shape index (κ1) is 11.4. The summed E-state index contributed by atoms with van der Waals surface area (Å²) in [4.78, 5) is 0. The van der Waals surface area contributed by atoms with E-state index in [2.05, 4.69) is 16.5 Å². The summed E-state index contributed by atoms with van der Waals surface area (Å²) in [5, 5.41) is 2.19. The molecule has 0 aromatic heterocycles. The molecule has 0 aliphatic carbocycles. The number of hydrazine groups is 1. The topological polar surface area (TPSA) is 33.7 Å². The minimum atomic E-state index is 0.796. The molecule has 0 spiro atoms. The fraction of sp³-hybridized carbons (Fsp3) is 0.500. The summed E-state index contributed by atoms with van der Waals surface area (Å²) < 4.78 is 10.6. The maximum Gasteiger partial charge on any atom is 0.123 e. The molecule has 1 fully saturated rings. The highest BCUT2D eigenvalue weighted by molar-refractivity contribution is 5.32. The molecule has 0 amide bonds. The second-order valence-electron chi connectivity index (χ2n) is 3.75. The van der Waals surface area contributed by atoms with Gasteiger partial charge in [0.05, 0.1) is 20.3 Å². The number of hydrogen-bond acceptors (Lipinski definition) is 4. The minimum absolute atomic E-state index is 0.796. The van der Waals surface area contributed by atoms with Crippen LogP contribution in [0.4, 0.5) is 0 Å². The third kappa shape index (κ3) is 2.95. The van der Waals surface area contributed by atoms with Crippen molar-refractivity contribution in [2.75, 3.05) is 33.4 Å². The molecule has 1 aromatic carbocycles. The van der Waals surface area contributed by atoms with Gasteiger partial charge in [-0.3, -0.25) is 5.43 Å². The largest absolute Gasteiger partial charge is 0.496 e. The Kier molecular flexibility index (Phi) is 4.16. The lowest BCUT2D eigenvalue weighted by molar-refractivity contribution is 0.0104. The Morgan fingerprint density at radius 3 is 2.81 bits per heavy atom. The fourth-order valence-corrected chi connectivity index (χ4v) is 1.77. The van der Waals surface area contributed by atoms with E-state index in [-0.39, 0.29) is 0 Å². The number of nitrogens with one attached hydrogen (secondary N) is 1. The average molecular weight is 222 g/mol. The summed E-state index contributed by atoms with van der Waals surface area (Å²) >= 11 is 0. The van der Waals surface area contributed by atoms with Gasteiger partial charge in [0.15, 0.2) is 0 Å². The van der Waals surface area contributed by atoms with Crippen LogP contribution in [-0.4, -0.2) is 38.4 Å². The van der Waals surface area contributed by atoms with Crippen molar-refractivity contribution in [2.24, 2.45) is 0 Å². The second-order valence-corrected chi connectivity index (χ2v) is 3.75. The van der Waals surface area contributed by atoms with Gasteiger partial charge in [0.1, 0.15) is 5.75 Å². The number of benzene rings is 1. The lowest BCUT2D eigenvalue weighted by Crippen LogP contribution is -2.45. The van der Waals surface area contributed by atoms with Gasteiger partial charge in [-0.25, -0.2) is 5.01 Å². The summed E-state index contributed by atoms with van der Waals surface area (Å²) in [7, 11) is 1.70. The maximum atomic E-state index is 5.30. The standard InChI is InChI=1S/C12H18N2O2/c1-15-12-5-3-2-4-11(12)10-13-14-6-8-16-9-7-14/h2-5,13H,6-10H2,1H3. The zero-order valence-electron chi connectivity index (χ0n) is 9.61. The van der Waals surface area contributed by atoms with E-state index in [1.54, 1.807) is 7.11 Å². The van der Waals surface area contributed by atoms with Crippen LogP contribution in [0.1, 0.15) is 5.56 Å². The Hall–Kier alpha value is -1.10. The highest BCUT2D eigenvalue weighted by Crippen LogP contribution is 2.16. The van der Waals surface area contributed by atoms with E-state index < -0.39 is 0 Å². The molecule has 4 nitrogen and oxygen atoms in total. The quantitative estimate of drug-likeness (QED) is 0.825.